The number of hydrogen-bond donors (Lipinski definition) is 1. The fourth-order valence-electron chi connectivity index (χ4n) is 3.12. The largest absolute Gasteiger partial charge is 0.393 e. The first-order valence-electron chi connectivity index (χ1n) is 8.13. The van der Waals surface area contributed by atoms with E-state index in [0.29, 0.717) is 35.2 Å². The zero-order valence-corrected chi connectivity index (χ0v) is 14.6. The number of aliphatic hydroxyl groups excluding tert-OH is 1. The zero-order valence-electron chi connectivity index (χ0n) is 13.8. The predicted molar refractivity (Wildman–Crippen MR) is 91.4 cm³/mol. The third kappa shape index (κ3) is 3.16. The van der Waals surface area contributed by atoms with Crippen molar-refractivity contribution in [1.82, 2.24) is 19.9 Å². The minimum absolute atomic E-state index is 0.113. The molecule has 2 aromatic rings. The van der Waals surface area contributed by atoms with E-state index in [-0.39, 0.29) is 11.8 Å². The summed E-state index contributed by atoms with van der Waals surface area (Å²) in [5.41, 5.74) is 1.69. The lowest BCUT2D eigenvalue weighted by Crippen LogP contribution is -2.43. The molecular formula is C17H21ClN4O2. The third-order valence-electron chi connectivity index (χ3n) is 4.61. The number of amides is 1. The number of carbonyl (C=O) groups is 1. The Bertz CT molecular complexity index is 744. The molecule has 0 aliphatic carbocycles. The molecule has 2 unspecified atom stereocenters. The molecule has 2 atom stereocenters. The molecule has 3 rings (SSSR count). The molecule has 2 heterocycles. The summed E-state index contributed by atoms with van der Waals surface area (Å²) in [4.78, 5) is 14.6. The quantitative estimate of drug-likeness (QED) is 0.924. The highest BCUT2D eigenvalue weighted by atomic mass is 35.5. The van der Waals surface area contributed by atoms with Gasteiger partial charge in [-0.05, 0) is 38.8 Å². The van der Waals surface area contributed by atoms with Crippen LogP contribution in [0.3, 0.4) is 0 Å². The maximum Gasteiger partial charge on any atom is 0.276 e. The number of rotatable bonds is 3. The average Bonchev–Trinajstić information content (AvgIpc) is 2.96. The van der Waals surface area contributed by atoms with Crippen LogP contribution in [0.5, 0.6) is 0 Å². The molecular weight excluding hydrogens is 328 g/mol. The van der Waals surface area contributed by atoms with Gasteiger partial charge in [-0.15, -0.1) is 5.10 Å². The second-order valence-electron chi connectivity index (χ2n) is 6.28. The van der Waals surface area contributed by atoms with Gasteiger partial charge in [0.1, 0.15) is 0 Å². The molecule has 1 aliphatic rings. The Morgan fingerprint density at radius 1 is 1.42 bits per heavy atom. The molecule has 0 saturated carbocycles. The van der Waals surface area contributed by atoms with Crippen molar-refractivity contribution in [2.45, 2.75) is 32.8 Å². The smallest absolute Gasteiger partial charge is 0.276 e. The summed E-state index contributed by atoms with van der Waals surface area (Å²) < 4.78 is 1.59. The zero-order chi connectivity index (χ0) is 17.3. The number of benzene rings is 1. The maximum absolute atomic E-state index is 12.8. The highest BCUT2D eigenvalue weighted by molar-refractivity contribution is 6.32. The molecule has 1 aromatic heterocycles. The van der Waals surface area contributed by atoms with Gasteiger partial charge in [-0.25, -0.2) is 4.68 Å². The van der Waals surface area contributed by atoms with E-state index in [4.69, 9.17) is 11.6 Å². The van der Waals surface area contributed by atoms with Gasteiger partial charge in [0.25, 0.3) is 5.91 Å². The molecule has 1 N–H and O–H groups in total. The predicted octanol–water partition coefficient (Wildman–Crippen LogP) is 2.46. The minimum atomic E-state index is -0.416. The van der Waals surface area contributed by atoms with Crippen molar-refractivity contribution in [1.29, 1.82) is 0 Å². The SMILES string of the molecule is Cc1c(C(=O)N2CCCC(C(C)O)C2)nnn1-c1ccccc1Cl. The van der Waals surface area contributed by atoms with Crippen molar-refractivity contribution in [3.05, 3.63) is 40.7 Å². The van der Waals surface area contributed by atoms with Crippen LogP contribution in [0.15, 0.2) is 24.3 Å². The summed E-state index contributed by atoms with van der Waals surface area (Å²) in [6.07, 6.45) is 1.41. The fraction of sp³-hybridized carbons (Fsp3) is 0.471. The normalized spacial score (nSPS) is 19.3. The van der Waals surface area contributed by atoms with Crippen molar-refractivity contribution in [2.24, 2.45) is 5.92 Å². The van der Waals surface area contributed by atoms with E-state index < -0.39 is 6.10 Å². The van der Waals surface area contributed by atoms with Crippen LogP contribution in [-0.2, 0) is 0 Å². The second-order valence-corrected chi connectivity index (χ2v) is 6.69. The number of halogens is 1. The molecule has 1 fully saturated rings. The minimum Gasteiger partial charge on any atom is -0.393 e. The van der Waals surface area contributed by atoms with E-state index in [1.807, 2.05) is 25.1 Å². The first kappa shape index (κ1) is 16.9. The summed E-state index contributed by atoms with van der Waals surface area (Å²) in [5, 5.41) is 18.5. The molecule has 1 aromatic carbocycles. The van der Waals surface area contributed by atoms with Gasteiger partial charge in [-0.3, -0.25) is 4.79 Å². The Balaban J connectivity index is 1.86. The molecule has 0 bridgehead atoms. The molecule has 1 amide bonds. The van der Waals surface area contributed by atoms with Crippen LogP contribution >= 0.6 is 11.6 Å². The van der Waals surface area contributed by atoms with Crippen LogP contribution in [0.2, 0.25) is 5.02 Å². The first-order chi connectivity index (χ1) is 11.5. The molecule has 7 heteroatoms. The van der Waals surface area contributed by atoms with Crippen LogP contribution in [0.1, 0.15) is 35.9 Å². The van der Waals surface area contributed by atoms with Crippen LogP contribution in [0, 0.1) is 12.8 Å². The number of piperidine rings is 1. The van der Waals surface area contributed by atoms with Gasteiger partial charge >= 0.3 is 0 Å². The first-order valence-corrected chi connectivity index (χ1v) is 8.51. The highest BCUT2D eigenvalue weighted by Crippen LogP contribution is 2.24. The second kappa shape index (κ2) is 6.91. The molecule has 0 radical (unpaired) electrons. The van der Waals surface area contributed by atoms with Crippen LogP contribution in [-0.4, -0.2) is 50.1 Å². The summed E-state index contributed by atoms with van der Waals surface area (Å²) in [5.74, 6) is -0.0298. The standard InChI is InChI=1S/C17H21ClN4O2/c1-11-16(17(24)21-9-5-6-13(10-21)12(2)23)19-20-22(11)15-8-4-3-7-14(15)18/h3-4,7-8,12-13,23H,5-6,9-10H2,1-2H3. The lowest BCUT2D eigenvalue weighted by Gasteiger charge is -2.33. The highest BCUT2D eigenvalue weighted by Gasteiger charge is 2.30. The number of carbonyl (C=O) groups excluding carboxylic acids is 1. The summed E-state index contributed by atoms with van der Waals surface area (Å²) in [7, 11) is 0. The Labute approximate surface area is 146 Å². The molecule has 128 valence electrons. The Morgan fingerprint density at radius 3 is 2.88 bits per heavy atom. The summed E-state index contributed by atoms with van der Waals surface area (Å²) in [6.45, 7) is 4.82. The monoisotopic (exact) mass is 348 g/mol. The van der Waals surface area contributed by atoms with Crippen molar-refractivity contribution >= 4 is 17.5 Å². The van der Waals surface area contributed by atoms with Crippen LogP contribution in [0.25, 0.3) is 5.69 Å². The van der Waals surface area contributed by atoms with E-state index in [9.17, 15) is 9.90 Å². The van der Waals surface area contributed by atoms with Crippen molar-refractivity contribution in [3.63, 3.8) is 0 Å². The molecule has 6 nitrogen and oxygen atoms in total. The fourth-order valence-corrected chi connectivity index (χ4v) is 3.33. The van der Waals surface area contributed by atoms with Gasteiger partial charge in [0.2, 0.25) is 0 Å². The number of likely N-dealkylation sites (tertiary alicyclic amines) is 1. The van der Waals surface area contributed by atoms with Crippen molar-refractivity contribution in [2.75, 3.05) is 13.1 Å². The van der Waals surface area contributed by atoms with Gasteiger partial charge in [-0.1, -0.05) is 28.9 Å². The number of nitrogens with zero attached hydrogens (tertiary/aromatic N) is 4. The van der Waals surface area contributed by atoms with E-state index in [1.54, 1.807) is 22.6 Å². The number of hydrogen-bond acceptors (Lipinski definition) is 4. The summed E-state index contributed by atoms with van der Waals surface area (Å²) >= 11 is 6.21. The number of aliphatic hydroxyl groups is 1. The van der Waals surface area contributed by atoms with E-state index in [2.05, 4.69) is 10.3 Å². The Hall–Kier alpha value is -1.92. The van der Waals surface area contributed by atoms with Crippen LogP contribution in [0.4, 0.5) is 0 Å². The lowest BCUT2D eigenvalue weighted by atomic mass is 9.93. The number of para-hydroxylation sites is 1. The van der Waals surface area contributed by atoms with Gasteiger partial charge in [0.15, 0.2) is 5.69 Å². The topological polar surface area (TPSA) is 71.2 Å². The molecule has 1 aliphatic heterocycles. The van der Waals surface area contributed by atoms with Crippen molar-refractivity contribution < 1.29 is 9.90 Å². The van der Waals surface area contributed by atoms with Crippen LogP contribution < -0.4 is 0 Å². The molecule has 24 heavy (non-hydrogen) atoms. The van der Waals surface area contributed by atoms with E-state index in [0.717, 1.165) is 12.8 Å². The van der Waals surface area contributed by atoms with Gasteiger partial charge in [0.05, 0.1) is 22.5 Å². The Kier molecular flexibility index (Phi) is 4.87. The molecule has 0 spiro atoms. The summed E-state index contributed by atoms with van der Waals surface area (Å²) in [6, 6.07) is 7.32. The molecule has 1 saturated heterocycles. The lowest BCUT2D eigenvalue weighted by molar-refractivity contribution is 0.0461. The Morgan fingerprint density at radius 2 is 2.17 bits per heavy atom. The maximum atomic E-state index is 12.8. The van der Waals surface area contributed by atoms with Gasteiger partial charge in [0, 0.05) is 19.0 Å². The number of aromatic nitrogens is 3. The van der Waals surface area contributed by atoms with Gasteiger partial charge < -0.3 is 10.0 Å². The van der Waals surface area contributed by atoms with E-state index >= 15 is 0 Å². The third-order valence-corrected chi connectivity index (χ3v) is 4.92. The van der Waals surface area contributed by atoms with E-state index in [1.165, 1.54) is 0 Å². The van der Waals surface area contributed by atoms with Crippen molar-refractivity contribution in [3.8, 4) is 5.69 Å². The van der Waals surface area contributed by atoms with Gasteiger partial charge in [-0.2, -0.15) is 0 Å². The average molecular weight is 349 g/mol.